The minimum Gasteiger partial charge on any atom is -0.378 e. The van der Waals surface area contributed by atoms with E-state index in [0.717, 1.165) is 25.7 Å². The minimum atomic E-state index is -0.147. The summed E-state index contributed by atoms with van der Waals surface area (Å²) in [5.74, 6) is 0.409. The van der Waals surface area contributed by atoms with Crippen molar-refractivity contribution in [2.75, 3.05) is 6.61 Å². The van der Waals surface area contributed by atoms with Crippen molar-refractivity contribution >= 4 is 5.91 Å². The van der Waals surface area contributed by atoms with Crippen LogP contribution in [0.4, 0.5) is 0 Å². The van der Waals surface area contributed by atoms with Crippen LogP contribution in [0.15, 0.2) is 12.3 Å². The van der Waals surface area contributed by atoms with Crippen LogP contribution in [0.2, 0.25) is 0 Å². The van der Waals surface area contributed by atoms with Gasteiger partial charge in [0.1, 0.15) is 11.8 Å². The van der Waals surface area contributed by atoms with E-state index < -0.39 is 0 Å². The molecular weight excluding hydrogens is 266 g/mol. The molecule has 0 saturated carbocycles. The summed E-state index contributed by atoms with van der Waals surface area (Å²) in [7, 11) is 0. The SMILES string of the molecule is CCC(CC)[C@H]1C[C@H](NC(=O)c2cc(C#N)c[nH]2)CCO1. The number of nitriles is 1. The second-order valence-corrected chi connectivity index (χ2v) is 5.59. The molecule has 1 saturated heterocycles. The molecule has 2 atom stereocenters. The lowest BCUT2D eigenvalue weighted by Gasteiger charge is -2.34. The zero-order chi connectivity index (χ0) is 15.2. The number of carbonyl (C=O) groups is 1. The predicted molar refractivity (Wildman–Crippen MR) is 79.8 cm³/mol. The molecule has 0 spiro atoms. The van der Waals surface area contributed by atoms with Gasteiger partial charge in [-0.2, -0.15) is 5.26 Å². The fraction of sp³-hybridized carbons (Fsp3) is 0.625. The standard InChI is InChI=1S/C16H23N3O2/c1-3-12(4-2)15-8-13(5-6-21-15)19-16(20)14-7-11(9-17)10-18-14/h7,10,12-13,15,18H,3-6,8H2,1-2H3,(H,19,20)/t13-,15-/m1/s1. The Labute approximate surface area is 125 Å². The normalized spacial score (nSPS) is 22.0. The van der Waals surface area contributed by atoms with E-state index in [9.17, 15) is 4.79 Å². The molecule has 0 unspecified atom stereocenters. The Hall–Kier alpha value is -1.80. The summed E-state index contributed by atoms with van der Waals surface area (Å²) in [6.07, 6.45) is 5.69. The van der Waals surface area contributed by atoms with Crippen LogP contribution in [0.5, 0.6) is 0 Å². The molecule has 1 aliphatic rings. The molecule has 0 bridgehead atoms. The molecule has 0 radical (unpaired) electrons. The van der Waals surface area contributed by atoms with Crippen LogP contribution in [-0.4, -0.2) is 29.6 Å². The maximum atomic E-state index is 12.2. The van der Waals surface area contributed by atoms with Gasteiger partial charge in [-0.15, -0.1) is 0 Å². The fourth-order valence-electron chi connectivity index (χ4n) is 2.96. The van der Waals surface area contributed by atoms with Crippen LogP contribution in [0.3, 0.4) is 0 Å². The third-order valence-corrected chi connectivity index (χ3v) is 4.28. The van der Waals surface area contributed by atoms with Crippen LogP contribution >= 0.6 is 0 Å². The Balaban J connectivity index is 1.93. The number of nitrogens with zero attached hydrogens (tertiary/aromatic N) is 1. The summed E-state index contributed by atoms with van der Waals surface area (Å²) in [5.41, 5.74) is 0.916. The summed E-state index contributed by atoms with van der Waals surface area (Å²) in [6.45, 7) is 5.06. The molecule has 1 fully saturated rings. The molecule has 0 aliphatic carbocycles. The minimum absolute atomic E-state index is 0.144. The van der Waals surface area contributed by atoms with Gasteiger partial charge in [0, 0.05) is 18.8 Å². The maximum Gasteiger partial charge on any atom is 0.267 e. The van der Waals surface area contributed by atoms with Crippen LogP contribution in [0.25, 0.3) is 0 Å². The van der Waals surface area contributed by atoms with E-state index >= 15 is 0 Å². The van der Waals surface area contributed by atoms with Crippen molar-refractivity contribution in [1.29, 1.82) is 5.26 Å². The second-order valence-electron chi connectivity index (χ2n) is 5.59. The molecule has 5 heteroatoms. The number of ether oxygens (including phenoxy) is 1. The van der Waals surface area contributed by atoms with Gasteiger partial charge in [-0.1, -0.05) is 26.7 Å². The number of hydrogen-bond donors (Lipinski definition) is 2. The van der Waals surface area contributed by atoms with E-state index in [1.54, 1.807) is 12.3 Å². The molecule has 114 valence electrons. The highest BCUT2D eigenvalue weighted by Gasteiger charge is 2.28. The third-order valence-electron chi connectivity index (χ3n) is 4.28. The maximum absolute atomic E-state index is 12.2. The number of aromatic nitrogens is 1. The van der Waals surface area contributed by atoms with Gasteiger partial charge in [0.25, 0.3) is 5.91 Å². The van der Waals surface area contributed by atoms with Gasteiger partial charge in [-0.3, -0.25) is 4.79 Å². The molecule has 2 rings (SSSR count). The van der Waals surface area contributed by atoms with Gasteiger partial charge in [0.2, 0.25) is 0 Å². The number of rotatable bonds is 5. The fourth-order valence-corrected chi connectivity index (χ4v) is 2.96. The Morgan fingerprint density at radius 1 is 1.57 bits per heavy atom. The summed E-state index contributed by atoms with van der Waals surface area (Å²) in [5, 5.41) is 11.8. The zero-order valence-corrected chi connectivity index (χ0v) is 12.7. The molecule has 0 aromatic carbocycles. The van der Waals surface area contributed by atoms with E-state index in [-0.39, 0.29) is 18.1 Å². The van der Waals surface area contributed by atoms with Crippen LogP contribution in [0.1, 0.15) is 55.6 Å². The third kappa shape index (κ3) is 3.85. The number of amides is 1. The predicted octanol–water partition coefficient (Wildman–Crippen LogP) is 2.60. The lowest BCUT2D eigenvalue weighted by Crippen LogP contribution is -2.44. The molecule has 2 N–H and O–H groups in total. The lowest BCUT2D eigenvalue weighted by atomic mass is 9.89. The first kappa shape index (κ1) is 15.6. The molecule has 5 nitrogen and oxygen atoms in total. The van der Waals surface area contributed by atoms with Gasteiger partial charge >= 0.3 is 0 Å². The molecule has 1 aliphatic heterocycles. The smallest absolute Gasteiger partial charge is 0.267 e. The van der Waals surface area contributed by atoms with Crippen molar-refractivity contribution in [1.82, 2.24) is 10.3 Å². The van der Waals surface area contributed by atoms with Crippen LogP contribution in [-0.2, 0) is 4.74 Å². The van der Waals surface area contributed by atoms with Gasteiger partial charge in [-0.25, -0.2) is 0 Å². The highest BCUT2D eigenvalue weighted by atomic mass is 16.5. The van der Waals surface area contributed by atoms with Crippen molar-refractivity contribution in [3.05, 3.63) is 23.5 Å². The first-order valence-electron chi connectivity index (χ1n) is 7.68. The molecule has 1 amide bonds. The van der Waals surface area contributed by atoms with Crippen molar-refractivity contribution in [3.8, 4) is 6.07 Å². The van der Waals surface area contributed by atoms with E-state index in [0.29, 0.717) is 23.8 Å². The number of aromatic amines is 1. The highest BCUT2D eigenvalue weighted by Crippen LogP contribution is 2.25. The van der Waals surface area contributed by atoms with Crippen molar-refractivity contribution < 1.29 is 9.53 Å². The molecule has 2 heterocycles. The molecular formula is C16H23N3O2. The number of carbonyl (C=O) groups excluding carboxylic acids is 1. The quantitative estimate of drug-likeness (QED) is 0.874. The summed E-state index contributed by atoms with van der Waals surface area (Å²) < 4.78 is 5.86. The van der Waals surface area contributed by atoms with Crippen molar-refractivity contribution in [2.24, 2.45) is 5.92 Å². The average Bonchev–Trinajstić information content (AvgIpc) is 2.98. The Kier molecular flexibility index (Phi) is 5.40. The molecule has 1 aromatic rings. The van der Waals surface area contributed by atoms with Crippen molar-refractivity contribution in [3.63, 3.8) is 0 Å². The second kappa shape index (κ2) is 7.28. The van der Waals surface area contributed by atoms with Gasteiger partial charge in [0.15, 0.2) is 0 Å². The highest BCUT2D eigenvalue weighted by molar-refractivity contribution is 5.93. The van der Waals surface area contributed by atoms with Crippen LogP contribution in [0, 0.1) is 17.2 Å². The van der Waals surface area contributed by atoms with E-state index in [1.807, 2.05) is 6.07 Å². The molecule has 1 aromatic heterocycles. The number of hydrogen-bond acceptors (Lipinski definition) is 3. The zero-order valence-electron chi connectivity index (χ0n) is 12.7. The lowest BCUT2D eigenvalue weighted by molar-refractivity contribution is -0.0337. The first-order valence-corrected chi connectivity index (χ1v) is 7.68. The summed E-state index contributed by atoms with van der Waals surface area (Å²) >= 11 is 0. The first-order chi connectivity index (χ1) is 10.2. The van der Waals surface area contributed by atoms with Crippen molar-refractivity contribution in [2.45, 2.75) is 51.7 Å². The van der Waals surface area contributed by atoms with Gasteiger partial charge < -0.3 is 15.0 Å². The van der Waals surface area contributed by atoms with Crippen LogP contribution < -0.4 is 5.32 Å². The topological polar surface area (TPSA) is 77.9 Å². The van der Waals surface area contributed by atoms with Gasteiger partial charge in [-0.05, 0) is 24.8 Å². The van der Waals surface area contributed by atoms with E-state index in [1.165, 1.54) is 0 Å². The van der Waals surface area contributed by atoms with E-state index in [2.05, 4.69) is 24.1 Å². The average molecular weight is 289 g/mol. The summed E-state index contributed by atoms with van der Waals surface area (Å²) in [4.78, 5) is 15.0. The van der Waals surface area contributed by atoms with Gasteiger partial charge in [0.05, 0.1) is 11.7 Å². The van der Waals surface area contributed by atoms with E-state index in [4.69, 9.17) is 10.00 Å². The molecule has 21 heavy (non-hydrogen) atoms. The Bertz CT molecular complexity index is 514. The largest absolute Gasteiger partial charge is 0.378 e. The number of nitrogens with one attached hydrogen (secondary N) is 2. The monoisotopic (exact) mass is 289 g/mol. The Morgan fingerprint density at radius 3 is 2.95 bits per heavy atom. The number of H-pyrrole nitrogens is 1. The summed E-state index contributed by atoms with van der Waals surface area (Å²) in [6, 6.07) is 3.73. The Morgan fingerprint density at radius 2 is 2.33 bits per heavy atom.